The van der Waals surface area contributed by atoms with Crippen molar-refractivity contribution < 1.29 is 14.8 Å². The summed E-state index contributed by atoms with van der Waals surface area (Å²) in [6.07, 6.45) is 3.88. The summed E-state index contributed by atoms with van der Waals surface area (Å²) >= 11 is 3.30. The van der Waals surface area contributed by atoms with E-state index in [0.717, 1.165) is 25.7 Å². The summed E-state index contributed by atoms with van der Waals surface area (Å²) in [7, 11) is 0. The van der Waals surface area contributed by atoms with Crippen molar-refractivity contribution in [3.63, 3.8) is 0 Å². The lowest BCUT2D eigenvalue weighted by Crippen LogP contribution is -2.25. The number of ether oxygens (including phenoxy) is 1. The Morgan fingerprint density at radius 1 is 1.37 bits per heavy atom. The summed E-state index contributed by atoms with van der Waals surface area (Å²) in [6, 6.07) is 4.52. The van der Waals surface area contributed by atoms with Crippen LogP contribution in [0, 0.1) is 16.0 Å². The molecule has 0 aromatic heterocycles. The van der Waals surface area contributed by atoms with E-state index in [0.29, 0.717) is 16.1 Å². The Labute approximate surface area is 119 Å². The Kier molecular flexibility index (Phi) is 4.76. The molecule has 0 radical (unpaired) electrons. The van der Waals surface area contributed by atoms with Crippen molar-refractivity contribution in [1.29, 1.82) is 0 Å². The molecule has 0 aliphatic heterocycles. The van der Waals surface area contributed by atoms with Crippen molar-refractivity contribution in [1.82, 2.24) is 0 Å². The molecular weight excluding hydrogens is 314 g/mol. The molecule has 2 rings (SSSR count). The second-order valence-corrected chi connectivity index (χ2v) is 5.67. The first-order chi connectivity index (χ1) is 9.10. The van der Waals surface area contributed by atoms with Gasteiger partial charge in [0.1, 0.15) is 5.75 Å². The number of halogens is 1. The molecule has 0 spiro atoms. The Morgan fingerprint density at radius 3 is 2.58 bits per heavy atom. The lowest BCUT2D eigenvalue weighted by atomic mass is 9.88. The van der Waals surface area contributed by atoms with Crippen molar-refractivity contribution >= 4 is 21.6 Å². The molecule has 1 fully saturated rings. The van der Waals surface area contributed by atoms with Crippen LogP contribution in [0.4, 0.5) is 5.69 Å². The molecule has 1 aromatic rings. The van der Waals surface area contributed by atoms with Crippen molar-refractivity contribution in [2.45, 2.75) is 31.8 Å². The molecule has 0 bridgehead atoms. The Balaban J connectivity index is 1.98. The molecule has 6 heteroatoms. The summed E-state index contributed by atoms with van der Waals surface area (Å²) in [5, 5.41) is 19.7. The second-order valence-electron chi connectivity index (χ2n) is 4.81. The van der Waals surface area contributed by atoms with Gasteiger partial charge < -0.3 is 9.84 Å². The number of aliphatic hydroxyl groups excluding tert-OH is 1. The van der Waals surface area contributed by atoms with Crippen molar-refractivity contribution in [3.8, 4) is 5.75 Å². The molecule has 1 aliphatic carbocycles. The number of aliphatic hydroxyl groups is 1. The lowest BCUT2D eigenvalue weighted by Gasteiger charge is -2.28. The number of rotatable bonds is 4. The van der Waals surface area contributed by atoms with Gasteiger partial charge >= 0.3 is 0 Å². The van der Waals surface area contributed by atoms with Crippen LogP contribution in [0.1, 0.15) is 25.7 Å². The standard InChI is InChI=1S/C13H16BrNO4/c14-12-7-10(15(17)18)3-6-13(12)19-11-4-1-9(8-16)2-5-11/h3,6-7,9,11,16H,1-2,4-5,8H2. The number of nitro benzene ring substituents is 1. The molecule has 19 heavy (non-hydrogen) atoms. The smallest absolute Gasteiger partial charge is 0.270 e. The highest BCUT2D eigenvalue weighted by Gasteiger charge is 2.22. The zero-order valence-corrected chi connectivity index (χ0v) is 12.0. The summed E-state index contributed by atoms with van der Waals surface area (Å²) in [6.45, 7) is 0.244. The zero-order valence-electron chi connectivity index (χ0n) is 10.4. The molecule has 1 N–H and O–H groups in total. The van der Waals surface area contributed by atoms with Gasteiger partial charge in [-0.25, -0.2) is 0 Å². The molecular formula is C13H16BrNO4. The van der Waals surface area contributed by atoms with E-state index in [1.807, 2.05) is 0 Å². The summed E-state index contributed by atoms with van der Waals surface area (Å²) < 4.78 is 6.47. The number of hydrogen-bond donors (Lipinski definition) is 1. The molecule has 1 saturated carbocycles. The predicted molar refractivity (Wildman–Crippen MR) is 74.3 cm³/mol. The Bertz CT molecular complexity index is 458. The molecule has 0 heterocycles. The molecule has 0 saturated heterocycles. The lowest BCUT2D eigenvalue weighted by molar-refractivity contribution is -0.385. The fourth-order valence-electron chi connectivity index (χ4n) is 2.31. The van der Waals surface area contributed by atoms with Gasteiger partial charge in [0.2, 0.25) is 0 Å². The summed E-state index contributed by atoms with van der Waals surface area (Å²) in [5.41, 5.74) is 0.0446. The van der Waals surface area contributed by atoms with Gasteiger partial charge in [0, 0.05) is 18.7 Å². The van der Waals surface area contributed by atoms with Crippen molar-refractivity contribution in [3.05, 3.63) is 32.8 Å². The number of hydrogen-bond acceptors (Lipinski definition) is 4. The minimum atomic E-state index is -0.430. The summed E-state index contributed by atoms with van der Waals surface area (Å²) in [5.74, 6) is 1.03. The first kappa shape index (κ1) is 14.3. The van der Waals surface area contributed by atoms with Crippen molar-refractivity contribution in [2.24, 2.45) is 5.92 Å². The van der Waals surface area contributed by atoms with Gasteiger partial charge in [-0.05, 0) is 53.6 Å². The molecule has 1 aliphatic rings. The predicted octanol–water partition coefficient (Wildman–Crippen LogP) is 3.29. The minimum absolute atomic E-state index is 0.0446. The van der Waals surface area contributed by atoms with Crippen molar-refractivity contribution in [2.75, 3.05) is 6.61 Å². The molecule has 5 nitrogen and oxygen atoms in total. The van der Waals surface area contributed by atoms with E-state index < -0.39 is 4.92 Å². The van der Waals surface area contributed by atoms with Gasteiger partial charge in [0.05, 0.1) is 15.5 Å². The second kappa shape index (κ2) is 6.34. The third-order valence-corrected chi connectivity index (χ3v) is 4.09. The van der Waals surface area contributed by atoms with Gasteiger partial charge in [0.25, 0.3) is 5.69 Å². The van der Waals surface area contributed by atoms with Gasteiger partial charge in [-0.2, -0.15) is 0 Å². The fourth-order valence-corrected chi connectivity index (χ4v) is 2.77. The van der Waals surface area contributed by atoms with E-state index in [1.165, 1.54) is 12.1 Å². The van der Waals surface area contributed by atoms with Crippen LogP contribution in [-0.4, -0.2) is 22.7 Å². The highest BCUT2D eigenvalue weighted by Crippen LogP contribution is 2.33. The van der Waals surface area contributed by atoms with Crippen LogP contribution >= 0.6 is 15.9 Å². The van der Waals surface area contributed by atoms with Gasteiger partial charge in [-0.1, -0.05) is 0 Å². The van der Waals surface area contributed by atoms with E-state index in [-0.39, 0.29) is 18.4 Å². The minimum Gasteiger partial charge on any atom is -0.489 e. The van der Waals surface area contributed by atoms with Crippen LogP contribution in [0.25, 0.3) is 0 Å². The molecule has 0 amide bonds. The van der Waals surface area contributed by atoms with E-state index in [9.17, 15) is 10.1 Å². The van der Waals surface area contributed by atoms with Gasteiger partial charge in [0.15, 0.2) is 0 Å². The highest BCUT2D eigenvalue weighted by molar-refractivity contribution is 9.10. The zero-order chi connectivity index (χ0) is 13.8. The van der Waals surface area contributed by atoms with E-state index in [2.05, 4.69) is 15.9 Å². The van der Waals surface area contributed by atoms with Crippen LogP contribution in [-0.2, 0) is 0 Å². The SMILES string of the molecule is O=[N+]([O-])c1ccc(OC2CCC(CO)CC2)c(Br)c1. The molecule has 104 valence electrons. The largest absolute Gasteiger partial charge is 0.489 e. The summed E-state index contributed by atoms with van der Waals surface area (Å²) in [4.78, 5) is 10.2. The number of non-ortho nitro benzene ring substituents is 1. The number of benzene rings is 1. The van der Waals surface area contributed by atoms with Crippen LogP contribution < -0.4 is 4.74 Å². The van der Waals surface area contributed by atoms with E-state index in [4.69, 9.17) is 9.84 Å². The topological polar surface area (TPSA) is 72.6 Å². The van der Waals surface area contributed by atoms with E-state index in [1.54, 1.807) is 6.07 Å². The molecule has 1 aromatic carbocycles. The monoisotopic (exact) mass is 329 g/mol. The first-order valence-corrected chi connectivity index (χ1v) is 7.11. The normalized spacial score (nSPS) is 23.1. The third-order valence-electron chi connectivity index (χ3n) is 3.47. The molecule has 0 atom stereocenters. The highest BCUT2D eigenvalue weighted by atomic mass is 79.9. The fraction of sp³-hybridized carbons (Fsp3) is 0.538. The Hall–Kier alpha value is -1.14. The molecule has 0 unspecified atom stereocenters. The maximum atomic E-state index is 10.6. The van der Waals surface area contributed by atoms with Gasteiger partial charge in [-0.15, -0.1) is 0 Å². The number of nitrogens with zero attached hydrogens (tertiary/aromatic N) is 1. The van der Waals surface area contributed by atoms with E-state index >= 15 is 0 Å². The quantitative estimate of drug-likeness (QED) is 0.679. The maximum Gasteiger partial charge on any atom is 0.270 e. The van der Waals surface area contributed by atoms with Crippen LogP contribution in [0.2, 0.25) is 0 Å². The number of nitro groups is 1. The van der Waals surface area contributed by atoms with Crippen LogP contribution in [0.15, 0.2) is 22.7 Å². The van der Waals surface area contributed by atoms with Crippen LogP contribution in [0.5, 0.6) is 5.75 Å². The first-order valence-electron chi connectivity index (χ1n) is 6.31. The Morgan fingerprint density at radius 2 is 2.05 bits per heavy atom. The van der Waals surface area contributed by atoms with Crippen LogP contribution in [0.3, 0.4) is 0 Å². The maximum absolute atomic E-state index is 10.6. The van der Waals surface area contributed by atoms with Gasteiger partial charge in [-0.3, -0.25) is 10.1 Å². The third kappa shape index (κ3) is 3.67. The average molecular weight is 330 g/mol. The average Bonchev–Trinajstić information content (AvgIpc) is 2.41.